The van der Waals surface area contributed by atoms with Gasteiger partial charge in [-0.1, -0.05) is 46.4 Å². The van der Waals surface area contributed by atoms with Crippen molar-refractivity contribution in [2.75, 3.05) is 12.8 Å². The summed E-state index contributed by atoms with van der Waals surface area (Å²) in [6, 6.07) is 27.6. The van der Waals surface area contributed by atoms with E-state index < -0.39 is 5.97 Å². The van der Waals surface area contributed by atoms with Gasteiger partial charge in [0.25, 0.3) is 0 Å². The van der Waals surface area contributed by atoms with Crippen LogP contribution in [0.5, 0.6) is 29.3 Å². The van der Waals surface area contributed by atoms with E-state index in [0.29, 0.717) is 61.9 Å². The normalized spacial score (nSPS) is 10.2. The summed E-state index contributed by atoms with van der Waals surface area (Å²) in [4.78, 5) is 60.7. The van der Waals surface area contributed by atoms with Crippen LogP contribution in [0.25, 0.3) is 29.0 Å². The Balaban J connectivity index is -0.00000122. The maximum Gasteiger partial charge on any atom is 1.00 e. The van der Waals surface area contributed by atoms with Gasteiger partial charge in [0.15, 0.2) is 11.6 Å². The van der Waals surface area contributed by atoms with Crippen molar-refractivity contribution in [1.82, 2.24) is 54.9 Å². The number of hydrogen-bond donors (Lipinski definition) is 5. The number of halogens is 2. The molecule has 110 heavy (non-hydrogen) atoms. The average molecular weight is 1690 g/mol. The summed E-state index contributed by atoms with van der Waals surface area (Å²) in [5, 5.41) is 44.9. The number of aryl methyl sites for hydroxylation is 6. The van der Waals surface area contributed by atoms with Gasteiger partial charge in [-0.2, -0.15) is 15.6 Å². The second-order valence-electron chi connectivity index (χ2n) is 25.1. The first kappa shape index (κ1) is 103. The molecule has 0 amide bonds. The number of nitrogens with zero attached hydrogens (tertiary/aromatic N) is 12. The fourth-order valence-electron chi connectivity index (χ4n) is 7.82. The third kappa shape index (κ3) is 50.1. The largest absolute Gasteiger partial charge is 1.00 e. The number of aromatic amines is 1. The van der Waals surface area contributed by atoms with Crippen molar-refractivity contribution in [3.63, 3.8) is 0 Å². The third-order valence-electron chi connectivity index (χ3n) is 11.3. The maximum atomic E-state index is 11.5. The third-order valence-corrected chi connectivity index (χ3v) is 12.7. The minimum Gasteiger partial charge on any atom is -1.00 e. The molecule has 0 saturated heterocycles. The zero-order chi connectivity index (χ0) is 83.0. The second kappa shape index (κ2) is 57.3. The van der Waals surface area contributed by atoms with E-state index in [0.717, 1.165) is 67.9 Å². The number of ether oxygens (including phenoxy) is 7. The van der Waals surface area contributed by atoms with Crippen molar-refractivity contribution in [2.24, 2.45) is 11.5 Å². The van der Waals surface area contributed by atoms with E-state index in [1.807, 2.05) is 195 Å². The first-order chi connectivity index (χ1) is 51.1. The van der Waals surface area contributed by atoms with Gasteiger partial charge in [-0.25, -0.2) is 49.2 Å². The quantitative estimate of drug-likeness (QED) is 0.00544. The van der Waals surface area contributed by atoms with Crippen LogP contribution in [0.3, 0.4) is 0 Å². The van der Waals surface area contributed by atoms with Gasteiger partial charge in [-0.3, -0.25) is 10.5 Å². The molecule has 8 rings (SSSR count). The van der Waals surface area contributed by atoms with Crippen LogP contribution in [0.4, 0.5) is 0 Å². The van der Waals surface area contributed by atoms with E-state index in [1.165, 1.54) is 53.5 Å². The number of hydrogen-bond acceptors (Lipinski definition) is 26. The van der Waals surface area contributed by atoms with Gasteiger partial charge in [0, 0.05) is 106 Å². The van der Waals surface area contributed by atoms with E-state index in [4.69, 9.17) is 88.5 Å². The molecule has 0 fully saturated rings. The van der Waals surface area contributed by atoms with Crippen molar-refractivity contribution < 1.29 is 83.6 Å². The van der Waals surface area contributed by atoms with Gasteiger partial charge in [-0.15, -0.1) is 16.9 Å². The number of nitrogens with one attached hydrogen (secondary N) is 2. The standard InChI is InChI=1S/C17H22N4O3.C12H17NOS.C11H14N4O.C10H14N2OS.C10H12N2O.C7H5ClN2.C6H9IO2.C3H8O.C2H5NO.Na.H/c1-11(2)23-15-9-14(8-13(5)19-15)17-18-10-21(20-17)7-6-16(22)24-12(3)4;1-8(2)14-11-6-9(3)5-10(7-11)12(13)15-4;1-7(2)16-10-5-9(4-8(3)14-10)11-12-6-13-15-11;1-6(2)13-9-5-8(10(11)14)4-7(3)12-9;1-7(2)13-10-5-9(6-11)4-8(3)12-10;1-5-2-6(4-9)3-7(8)10-5;1-5(2)9-6(8)3-4-7;1-3(2)4;3-1-2-4;;/h6-12H,1-5H3;5-8,13H,1-4H3;4-7H,1-3H3,(H,12,13,15);4-6H,1-3H3,(H2,11,14);4-5,7H,1-3H3;2-3H,1H3;3-5H,1-2H3;3-4H,1-2H3;2H,1,3H2;;/q;;;;;;;;;+1;-1/b7-6-;;;;;;4-3-;;;;. The Morgan fingerprint density at radius 1 is 0.627 bits per heavy atom. The number of aromatic nitrogens is 11. The predicted octanol–water partition coefficient (Wildman–Crippen LogP) is 12.6. The number of nitriles is 2. The van der Waals surface area contributed by atoms with Crippen LogP contribution in [0.1, 0.15) is 168 Å². The molecule has 7 aromatic heterocycles. The molecule has 0 atom stereocenters. The summed E-state index contributed by atoms with van der Waals surface area (Å²) in [7, 11) is 0. The van der Waals surface area contributed by atoms with Gasteiger partial charge >= 0.3 is 41.5 Å². The molecule has 7 N–H and O–H groups in total. The molecule has 27 nitrogen and oxygen atoms in total. The summed E-state index contributed by atoms with van der Waals surface area (Å²) in [6.45, 7) is 41.7. The molecule has 0 aliphatic carbocycles. The number of thioether (sulfide) groups is 1. The maximum absolute atomic E-state index is 11.5. The Labute approximate surface area is 700 Å². The van der Waals surface area contributed by atoms with Gasteiger partial charge in [0.1, 0.15) is 34.8 Å². The van der Waals surface area contributed by atoms with E-state index >= 15 is 0 Å². The Hall–Kier alpha value is -8.83. The number of benzene rings is 1. The van der Waals surface area contributed by atoms with Crippen LogP contribution >= 0.6 is 58.2 Å². The van der Waals surface area contributed by atoms with Gasteiger partial charge in [-0.05, 0) is 223 Å². The molecule has 0 unspecified atom stereocenters. The molecular formula is C78H107ClIN16NaO11S2. The van der Waals surface area contributed by atoms with Crippen molar-refractivity contribution >= 4 is 92.6 Å². The number of H-pyrrole nitrogens is 1. The summed E-state index contributed by atoms with van der Waals surface area (Å²) in [6.07, 6.45) is 9.91. The summed E-state index contributed by atoms with van der Waals surface area (Å²) in [5.74, 6) is 3.63. The Bertz CT molecular complexity index is 4210. The number of aliphatic hydroxyl groups is 1. The van der Waals surface area contributed by atoms with Crippen molar-refractivity contribution in [3.05, 3.63) is 169 Å². The molecule has 0 radical (unpaired) electrons. The van der Waals surface area contributed by atoms with Crippen LogP contribution in [0.2, 0.25) is 5.15 Å². The number of pyridine rings is 5. The SMILES string of the molecule is CC(C)O.CC(C)OC(=O)/C=C\I.CSC(=N)c1cc(C)cc(OC(C)C)c1.Cc1cc(-c2ncn(/C=C\C(=O)OC(C)C)n2)cc(OC(C)C)n1.Cc1cc(-c2ncn[nH]2)cc(OC(C)C)n1.Cc1cc(C#N)cc(Cl)n1.Cc1cc(C#N)cc(OC(C)C)n1.Cc1cc(C(N)=S)cc(OC(C)C)n1.NCC=O.[H-].[Na+]. The fourth-order valence-corrected chi connectivity index (χ4v) is 8.83. The summed E-state index contributed by atoms with van der Waals surface area (Å²) in [5.41, 5.74) is 20.0. The minimum absolute atomic E-state index is 0. The molecule has 0 saturated carbocycles. The molecular weight excluding hydrogens is 1590 g/mol. The second-order valence-corrected chi connectivity index (χ2v) is 27.5. The number of thiocarbonyl (C=S) groups is 1. The molecule has 7 heterocycles. The first-order valence-corrected chi connectivity index (χ1v) is 37.6. The smallest absolute Gasteiger partial charge is 1.00 e. The van der Waals surface area contributed by atoms with Crippen LogP contribution in [0.15, 0.2) is 108 Å². The zero-order valence-corrected chi connectivity index (χ0v) is 74.0. The van der Waals surface area contributed by atoms with Gasteiger partial charge < -0.3 is 56.0 Å². The molecule has 0 aliphatic heterocycles. The fraction of sp³-hybridized carbons (Fsp3) is 0.410. The average Bonchev–Trinajstić information content (AvgIpc) is 1.72. The van der Waals surface area contributed by atoms with Crippen molar-refractivity contribution in [1.29, 1.82) is 15.9 Å². The zero-order valence-electron chi connectivity index (χ0n) is 68.5. The molecule has 0 spiro atoms. The van der Waals surface area contributed by atoms with E-state index in [-0.39, 0.29) is 92.3 Å². The molecule has 32 heteroatoms. The van der Waals surface area contributed by atoms with E-state index in [9.17, 15) is 9.59 Å². The number of esters is 2. The monoisotopic (exact) mass is 1690 g/mol. The van der Waals surface area contributed by atoms with Crippen LogP contribution in [0, 0.1) is 69.6 Å². The molecule has 1 aromatic carbocycles. The first-order valence-electron chi connectivity index (χ1n) is 34.4. The minimum atomic E-state index is -0.422. The Morgan fingerprint density at radius 3 is 1.47 bits per heavy atom. The van der Waals surface area contributed by atoms with E-state index in [1.54, 1.807) is 69.0 Å². The number of aliphatic hydroxyl groups excluding tert-OH is 1. The number of rotatable bonds is 20. The number of carbonyl (C=O) groups excluding carboxylic acids is 3. The van der Waals surface area contributed by atoms with Crippen LogP contribution in [-0.2, 0) is 23.9 Å². The molecule has 0 aliphatic rings. The van der Waals surface area contributed by atoms with Crippen molar-refractivity contribution in [2.45, 2.75) is 201 Å². The van der Waals surface area contributed by atoms with Gasteiger partial charge in [0.05, 0.1) is 71.0 Å². The van der Waals surface area contributed by atoms with Gasteiger partial charge in [0.2, 0.25) is 23.5 Å². The van der Waals surface area contributed by atoms with E-state index in [2.05, 4.69) is 62.0 Å². The Kier molecular flexibility index (Phi) is 53.7. The predicted molar refractivity (Wildman–Crippen MR) is 444 cm³/mol. The van der Waals surface area contributed by atoms with Crippen LogP contribution < -0.4 is 64.7 Å². The van der Waals surface area contributed by atoms with Crippen LogP contribution in [-0.4, -0.2) is 150 Å². The molecule has 592 valence electrons. The number of aldehydes is 1. The molecule has 0 bridgehead atoms. The Morgan fingerprint density at radius 2 is 1.05 bits per heavy atom. The van der Waals surface area contributed by atoms with Crippen molar-refractivity contribution in [3.8, 4) is 64.2 Å². The summed E-state index contributed by atoms with van der Waals surface area (Å²) >= 11 is 13.9. The number of carbonyl (C=O) groups is 3. The molecule has 8 aromatic rings. The number of nitrogens with two attached hydrogens (primary N) is 2. The summed E-state index contributed by atoms with van der Waals surface area (Å²) < 4.78 is 40.5. The topological polar surface area (TPSA) is 396 Å².